The number of aromatic nitrogens is 2. The van der Waals surface area contributed by atoms with Crippen LogP contribution in [0.3, 0.4) is 0 Å². The summed E-state index contributed by atoms with van der Waals surface area (Å²) in [5.74, 6) is -1.84. The van der Waals surface area contributed by atoms with Crippen molar-refractivity contribution >= 4 is 35.4 Å². The van der Waals surface area contributed by atoms with Crippen LogP contribution in [0.15, 0.2) is 51.0 Å². The van der Waals surface area contributed by atoms with Crippen LogP contribution in [0.1, 0.15) is 136 Å². The molecule has 6 amide bonds. The first kappa shape index (κ1) is 44.1. The van der Waals surface area contributed by atoms with E-state index in [1.165, 1.54) is 11.2 Å². The van der Waals surface area contributed by atoms with Crippen molar-refractivity contribution in [2.45, 2.75) is 129 Å². The SMILES string of the molecule is CCC(C)[C@@H]1NC(=O)C2CCCN2C(=O)C2CCCN2C(=O)[C@H](C)NC(=O)c2coc(n2)C2CCCN2C(=O)C(Cc2ccc(OCC=C(C)C)cc2)NC(=O)c2nc1oc2C. The molecule has 0 aliphatic carbocycles. The maximum absolute atomic E-state index is 14.7. The number of nitrogens with zero attached hydrogens (tertiary/aromatic N) is 5. The summed E-state index contributed by atoms with van der Waals surface area (Å²) in [5, 5.41) is 8.74. The van der Waals surface area contributed by atoms with Gasteiger partial charge in [-0.2, -0.15) is 0 Å². The van der Waals surface area contributed by atoms with E-state index in [4.69, 9.17) is 13.6 Å². The summed E-state index contributed by atoms with van der Waals surface area (Å²) in [4.78, 5) is 98.3. The number of oxazole rings is 2. The van der Waals surface area contributed by atoms with Crippen LogP contribution < -0.4 is 20.7 Å². The molecule has 6 heterocycles. The van der Waals surface area contributed by atoms with Gasteiger partial charge in [0.05, 0.1) is 0 Å². The molecule has 7 rings (SSSR count). The Kier molecular flexibility index (Phi) is 13.5. The van der Waals surface area contributed by atoms with Crippen LogP contribution in [0.2, 0.25) is 0 Å². The van der Waals surface area contributed by atoms with E-state index in [-0.39, 0.29) is 59.0 Å². The Hall–Kier alpha value is -6.00. The number of carbonyl (C=O) groups excluding carboxylic acids is 6. The fourth-order valence-corrected chi connectivity index (χ4v) is 8.78. The fraction of sp³-hybridized carbons (Fsp3) is 0.556. The van der Waals surface area contributed by atoms with E-state index in [1.807, 2.05) is 58.0 Å². The summed E-state index contributed by atoms with van der Waals surface area (Å²) < 4.78 is 17.8. The molecule has 3 N–H and O–H groups in total. The molecule has 7 atom stereocenters. The molecular weight excluding hydrogens is 797 g/mol. The summed E-state index contributed by atoms with van der Waals surface area (Å²) in [6.45, 7) is 12.5. The van der Waals surface area contributed by atoms with Gasteiger partial charge in [0.15, 0.2) is 11.4 Å². The van der Waals surface area contributed by atoms with Crippen molar-refractivity contribution < 1.29 is 42.3 Å². The molecule has 3 aromatic rings. The van der Waals surface area contributed by atoms with Crippen LogP contribution in [0.4, 0.5) is 0 Å². The molecule has 0 spiro atoms. The average molecular weight is 855 g/mol. The van der Waals surface area contributed by atoms with Crippen molar-refractivity contribution in [1.82, 2.24) is 40.6 Å². The standard InChI is InChI=1S/C45H58N8O9/c1-7-26(4)36-42-50-37(28(6)62-42)40(56)47-31(23-29-14-16-30(17-15-29)60-22-18-25(2)3)44(58)52-20-9-12-34(52)41-48-32(24-61-41)38(54)46-27(5)43(57)53-21-10-13-35(53)45(59)51-19-8-11-33(51)39(55)49-36/h14-18,24,26-27,31,33-36H,7-13,19-23H2,1-6H3,(H,46,54)(H,47,56)(H,49,55)/t26?,27-,31?,33?,34?,35?,36-/m0/s1. The number of carbonyl (C=O) groups is 6. The second kappa shape index (κ2) is 18.9. The van der Waals surface area contributed by atoms with Gasteiger partial charge in [-0.15, -0.1) is 0 Å². The molecule has 4 aliphatic rings. The number of allylic oxidation sites excluding steroid dienone is 1. The summed E-state index contributed by atoms with van der Waals surface area (Å²) in [6, 6.07) is 2.28. The minimum Gasteiger partial charge on any atom is -0.490 e. The first-order chi connectivity index (χ1) is 29.7. The first-order valence-electron chi connectivity index (χ1n) is 21.8. The molecule has 62 heavy (non-hydrogen) atoms. The van der Waals surface area contributed by atoms with Crippen molar-refractivity contribution in [3.8, 4) is 5.75 Å². The number of ether oxygens (including phenoxy) is 1. The molecule has 2 aromatic heterocycles. The second-order valence-electron chi connectivity index (χ2n) is 17.1. The minimum absolute atomic E-state index is 0.0305. The smallest absolute Gasteiger partial charge is 0.274 e. The van der Waals surface area contributed by atoms with Gasteiger partial charge in [0.1, 0.15) is 60.6 Å². The number of hydrogen-bond acceptors (Lipinski definition) is 11. The zero-order valence-corrected chi connectivity index (χ0v) is 36.4. The zero-order valence-electron chi connectivity index (χ0n) is 36.4. The zero-order chi connectivity index (χ0) is 44.2. The number of rotatable bonds is 7. The van der Waals surface area contributed by atoms with Crippen LogP contribution in [-0.4, -0.2) is 111 Å². The number of nitrogens with one attached hydrogen (secondary N) is 3. The lowest BCUT2D eigenvalue weighted by molar-refractivity contribution is -0.147. The van der Waals surface area contributed by atoms with E-state index in [1.54, 1.807) is 23.6 Å². The van der Waals surface area contributed by atoms with Crippen molar-refractivity contribution in [1.29, 1.82) is 0 Å². The average Bonchev–Trinajstić information content (AvgIpc) is 4.11. The summed E-state index contributed by atoms with van der Waals surface area (Å²) >= 11 is 0. The highest BCUT2D eigenvalue weighted by atomic mass is 16.5. The normalized spacial score (nSPS) is 25.6. The topological polar surface area (TPSA) is 210 Å². The van der Waals surface area contributed by atoms with Gasteiger partial charge in [-0.05, 0) is 95.9 Å². The quantitative estimate of drug-likeness (QED) is 0.285. The van der Waals surface area contributed by atoms with Crippen molar-refractivity contribution in [3.05, 3.63) is 76.7 Å². The first-order valence-corrected chi connectivity index (χ1v) is 21.8. The third-order valence-electron chi connectivity index (χ3n) is 12.5. The lowest BCUT2D eigenvalue weighted by atomic mass is 9.98. The van der Waals surface area contributed by atoms with Gasteiger partial charge < -0.3 is 44.2 Å². The van der Waals surface area contributed by atoms with Gasteiger partial charge in [0.25, 0.3) is 11.8 Å². The largest absolute Gasteiger partial charge is 0.490 e. The highest BCUT2D eigenvalue weighted by Crippen LogP contribution is 2.34. The number of benzene rings is 1. The van der Waals surface area contributed by atoms with E-state index >= 15 is 0 Å². The molecular formula is C45H58N8O9. The Morgan fingerprint density at radius 1 is 0.823 bits per heavy atom. The molecule has 1 aromatic carbocycles. The number of amides is 6. The van der Waals surface area contributed by atoms with Gasteiger partial charge in [0, 0.05) is 26.1 Å². The van der Waals surface area contributed by atoms with E-state index in [0.717, 1.165) is 11.1 Å². The Bertz CT molecular complexity index is 2190. The molecule has 5 unspecified atom stereocenters. The van der Waals surface area contributed by atoms with Crippen molar-refractivity contribution in [3.63, 3.8) is 0 Å². The molecule has 3 fully saturated rings. The molecule has 332 valence electrons. The van der Waals surface area contributed by atoms with Crippen LogP contribution >= 0.6 is 0 Å². The lowest BCUT2D eigenvalue weighted by Gasteiger charge is -2.33. The Morgan fingerprint density at radius 3 is 2.15 bits per heavy atom. The Balaban J connectivity index is 1.23. The monoisotopic (exact) mass is 854 g/mol. The molecule has 17 heteroatoms. The van der Waals surface area contributed by atoms with E-state index < -0.39 is 54.0 Å². The van der Waals surface area contributed by atoms with Crippen LogP contribution in [0, 0.1) is 12.8 Å². The number of fused-ring (bicyclic) bond motifs is 8. The third-order valence-corrected chi connectivity index (χ3v) is 12.5. The summed E-state index contributed by atoms with van der Waals surface area (Å²) in [7, 11) is 0. The Morgan fingerprint density at radius 2 is 1.47 bits per heavy atom. The molecule has 4 bridgehead atoms. The Labute approximate surface area is 361 Å². The second-order valence-corrected chi connectivity index (χ2v) is 17.1. The molecule has 17 nitrogen and oxygen atoms in total. The van der Waals surface area contributed by atoms with Gasteiger partial charge in [-0.1, -0.05) is 38.0 Å². The van der Waals surface area contributed by atoms with Gasteiger partial charge in [0.2, 0.25) is 35.4 Å². The molecule has 0 radical (unpaired) electrons. The van der Waals surface area contributed by atoms with Crippen LogP contribution in [0.5, 0.6) is 5.75 Å². The van der Waals surface area contributed by atoms with Gasteiger partial charge >= 0.3 is 0 Å². The van der Waals surface area contributed by atoms with Gasteiger partial charge in [-0.3, -0.25) is 28.8 Å². The predicted molar refractivity (Wildman–Crippen MR) is 224 cm³/mol. The van der Waals surface area contributed by atoms with E-state index in [2.05, 4.69) is 25.9 Å². The van der Waals surface area contributed by atoms with Crippen LogP contribution in [0.25, 0.3) is 0 Å². The number of hydrogen-bond donors (Lipinski definition) is 3. The predicted octanol–water partition coefficient (Wildman–Crippen LogP) is 4.34. The highest BCUT2D eigenvalue weighted by Gasteiger charge is 2.44. The third kappa shape index (κ3) is 9.40. The molecule has 3 saturated heterocycles. The summed E-state index contributed by atoms with van der Waals surface area (Å²) in [6.07, 6.45) is 7.07. The lowest BCUT2D eigenvalue weighted by Crippen LogP contribution is -2.56. The van der Waals surface area contributed by atoms with Crippen LogP contribution in [-0.2, 0) is 25.6 Å². The van der Waals surface area contributed by atoms with Gasteiger partial charge in [-0.25, -0.2) is 9.97 Å². The molecule has 4 aliphatic heterocycles. The highest BCUT2D eigenvalue weighted by molar-refractivity contribution is 5.98. The maximum Gasteiger partial charge on any atom is 0.274 e. The molecule has 0 saturated carbocycles. The van der Waals surface area contributed by atoms with E-state index in [0.29, 0.717) is 76.9 Å². The van der Waals surface area contributed by atoms with Crippen molar-refractivity contribution in [2.24, 2.45) is 5.92 Å². The van der Waals surface area contributed by atoms with E-state index in [9.17, 15) is 28.8 Å². The van der Waals surface area contributed by atoms with Crippen molar-refractivity contribution in [2.75, 3.05) is 26.2 Å². The summed E-state index contributed by atoms with van der Waals surface area (Å²) in [5.41, 5.74) is 1.79. The minimum atomic E-state index is -1.07. The number of aryl methyl sites for hydroxylation is 1. The fourth-order valence-electron chi connectivity index (χ4n) is 8.78. The maximum atomic E-state index is 14.7.